The van der Waals surface area contributed by atoms with Gasteiger partial charge < -0.3 is 30.4 Å². The fourth-order valence-corrected chi connectivity index (χ4v) is 1.27. The van der Waals surface area contributed by atoms with Gasteiger partial charge in [0.15, 0.2) is 0 Å². The predicted octanol–water partition coefficient (Wildman–Crippen LogP) is 1.74. The molecule has 0 spiro atoms. The van der Waals surface area contributed by atoms with Crippen molar-refractivity contribution in [3.63, 3.8) is 0 Å². The number of carbonyl (C=O) groups excluding carboxylic acids is 2. The average molecular weight is 420 g/mol. The molecule has 2 aromatic carbocycles. The predicted molar refractivity (Wildman–Crippen MR) is 74.8 cm³/mol. The molecule has 0 unspecified atom stereocenters. The molecule has 0 aliphatic heterocycles. The normalized spacial score (nSPS) is 8.00. The number of phenols is 2. The largest absolute Gasteiger partial charge is 0.525 e. The zero-order valence-electron chi connectivity index (χ0n) is 11.2. The van der Waals surface area contributed by atoms with Gasteiger partial charge in [-0.2, -0.15) is 0 Å². The van der Waals surface area contributed by atoms with Gasteiger partial charge in [-0.1, -0.05) is 35.6 Å². The van der Waals surface area contributed by atoms with Crippen molar-refractivity contribution >= 4 is 24.2 Å². The molecule has 0 heterocycles. The van der Waals surface area contributed by atoms with Crippen LogP contribution in [0.5, 0.6) is 11.5 Å². The molecule has 4 N–H and O–H groups in total. The number of amides is 2. The smallest absolute Gasteiger partial charge is 0.0693 e. The van der Waals surface area contributed by atoms with Crippen molar-refractivity contribution in [3.05, 3.63) is 48.5 Å². The molecule has 22 heavy (non-hydrogen) atoms. The van der Waals surface area contributed by atoms with Crippen LogP contribution in [-0.4, -0.2) is 23.0 Å². The van der Waals surface area contributed by atoms with Crippen LogP contribution in [0, 0.1) is 0 Å². The summed E-state index contributed by atoms with van der Waals surface area (Å²) in [4.78, 5) is 19.6. The molecule has 0 aliphatic rings. The van der Waals surface area contributed by atoms with Crippen molar-refractivity contribution in [2.75, 3.05) is 10.6 Å². The molecule has 0 bridgehead atoms. The average Bonchev–Trinajstić information content (AvgIpc) is 2.45. The van der Waals surface area contributed by atoms with Gasteiger partial charge in [-0.15, -0.1) is 12.1 Å². The minimum absolute atomic E-state index is 0. The molecule has 0 saturated carbocycles. The van der Waals surface area contributed by atoms with Crippen molar-refractivity contribution in [1.82, 2.24) is 0 Å². The summed E-state index contributed by atoms with van der Waals surface area (Å²) in [6.07, 6.45) is 2.93. The van der Waals surface area contributed by atoms with E-state index in [0.717, 1.165) is 0 Å². The monoisotopic (exact) mass is 420 g/mol. The Kier molecular flexibility index (Phi) is 13.8. The van der Waals surface area contributed by atoms with Crippen molar-refractivity contribution in [2.24, 2.45) is 0 Å². The summed E-state index contributed by atoms with van der Waals surface area (Å²) < 4.78 is 0. The van der Waals surface area contributed by atoms with E-state index < -0.39 is 0 Å². The van der Waals surface area contributed by atoms with Gasteiger partial charge in [0.05, 0.1) is 24.3 Å². The number of phenolic OH excluding ortho intramolecular Hbond substituents is 2. The van der Waals surface area contributed by atoms with Crippen LogP contribution in [0.25, 0.3) is 0 Å². The van der Waals surface area contributed by atoms with E-state index >= 15 is 0 Å². The van der Waals surface area contributed by atoms with Crippen LogP contribution in [-0.2, 0) is 59.1 Å². The molecular weight excluding hydrogens is 408 g/mol. The number of rotatable bonds is 4. The first-order chi connectivity index (χ1) is 9.69. The van der Waals surface area contributed by atoms with Crippen LogP contribution in [0.15, 0.2) is 48.5 Å². The molecule has 6 nitrogen and oxygen atoms in total. The second-order valence-corrected chi connectivity index (χ2v) is 3.49. The van der Waals surface area contributed by atoms with Crippen LogP contribution in [0.4, 0.5) is 11.4 Å². The van der Waals surface area contributed by atoms with Crippen LogP contribution < -0.4 is 10.6 Å². The molecule has 2 radical (unpaired) electrons. The number of benzene rings is 2. The minimum Gasteiger partial charge on any atom is -0.525 e. The molecule has 0 atom stereocenters. The molecule has 2 rings (SSSR count). The van der Waals surface area contributed by atoms with E-state index in [1.54, 1.807) is 36.4 Å². The summed E-state index contributed by atoms with van der Waals surface area (Å²) >= 11 is 0. The standard InChI is InChI=1S/2C7H6NO2.Co.Y/c2*9-5-8-6-3-1-2-4-7(6)10;;/h2*1-4,10H,(H,8,9);;/q2*-1;;. The van der Waals surface area contributed by atoms with Crippen LogP contribution in [0.3, 0.4) is 0 Å². The Morgan fingerprint density at radius 2 is 1.05 bits per heavy atom. The van der Waals surface area contributed by atoms with Gasteiger partial charge in [0.25, 0.3) is 0 Å². The Morgan fingerprint density at radius 3 is 1.32 bits per heavy atom. The second kappa shape index (κ2) is 13.3. The Morgan fingerprint density at radius 1 is 0.727 bits per heavy atom. The van der Waals surface area contributed by atoms with Gasteiger partial charge in [-0.25, -0.2) is 0 Å². The summed E-state index contributed by atoms with van der Waals surface area (Å²) in [5, 5.41) is 22.4. The van der Waals surface area contributed by atoms with Gasteiger partial charge in [0.1, 0.15) is 0 Å². The Labute approximate surface area is 163 Å². The molecule has 2 aromatic rings. The zero-order valence-corrected chi connectivity index (χ0v) is 15.1. The summed E-state index contributed by atoms with van der Waals surface area (Å²) in [6, 6.07) is 12.9. The summed E-state index contributed by atoms with van der Waals surface area (Å²) in [5.41, 5.74) is 0.745. The van der Waals surface area contributed by atoms with Crippen LogP contribution >= 0.6 is 0 Å². The molecule has 0 fully saturated rings. The Balaban J connectivity index is 0. The molecule has 8 heteroatoms. The van der Waals surface area contributed by atoms with E-state index in [1.165, 1.54) is 25.0 Å². The van der Waals surface area contributed by atoms with Crippen molar-refractivity contribution in [1.29, 1.82) is 0 Å². The minimum atomic E-state index is 0. The first-order valence-corrected chi connectivity index (χ1v) is 5.51. The topological polar surface area (TPSA) is 98.7 Å². The van der Waals surface area contributed by atoms with E-state index in [4.69, 9.17) is 10.2 Å². The summed E-state index contributed by atoms with van der Waals surface area (Å²) in [7, 11) is 0. The van der Waals surface area contributed by atoms with Gasteiger partial charge in [0, 0.05) is 49.5 Å². The number of para-hydroxylation sites is 4. The van der Waals surface area contributed by atoms with Crippen molar-refractivity contribution < 1.29 is 69.3 Å². The number of aromatic hydroxyl groups is 2. The van der Waals surface area contributed by atoms with Crippen LogP contribution in [0.2, 0.25) is 0 Å². The molecule has 116 valence electrons. The number of hydrogen-bond donors (Lipinski definition) is 4. The van der Waals surface area contributed by atoms with Gasteiger partial charge in [-0.05, 0) is 12.1 Å². The third-order valence-electron chi connectivity index (χ3n) is 2.18. The van der Waals surface area contributed by atoms with Crippen LogP contribution in [0.1, 0.15) is 0 Å². The molecular formula is C14H12CoN2O4Y-2. The number of nitrogens with one attached hydrogen (secondary N) is 2. The maximum absolute atomic E-state index is 9.78. The van der Waals surface area contributed by atoms with E-state index in [9.17, 15) is 9.59 Å². The Hall–Kier alpha value is -1.41. The fourth-order valence-electron chi connectivity index (χ4n) is 1.27. The van der Waals surface area contributed by atoms with E-state index in [0.29, 0.717) is 11.4 Å². The third kappa shape index (κ3) is 8.14. The molecule has 0 saturated heterocycles. The second-order valence-electron chi connectivity index (χ2n) is 3.49. The van der Waals surface area contributed by atoms with Gasteiger partial charge in [-0.3, -0.25) is 0 Å². The van der Waals surface area contributed by atoms with E-state index in [2.05, 4.69) is 10.6 Å². The Bertz CT molecular complexity index is 533. The quantitative estimate of drug-likeness (QED) is 0.344. The maximum atomic E-state index is 9.78. The van der Waals surface area contributed by atoms with E-state index in [1.807, 2.05) is 0 Å². The maximum Gasteiger partial charge on any atom is 0.0693 e. The molecule has 2 amide bonds. The van der Waals surface area contributed by atoms with Crippen molar-refractivity contribution in [2.45, 2.75) is 0 Å². The molecule has 0 aliphatic carbocycles. The fraction of sp³-hybridized carbons (Fsp3) is 0. The number of hydrogen-bond acceptors (Lipinski definition) is 4. The van der Waals surface area contributed by atoms with Gasteiger partial charge >= 0.3 is 0 Å². The third-order valence-corrected chi connectivity index (χ3v) is 2.18. The summed E-state index contributed by atoms with van der Waals surface area (Å²) in [5.74, 6) is 0.0942. The van der Waals surface area contributed by atoms with Gasteiger partial charge in [0.2, 0.25) is 0 Å². The molecule has 0 aromatic heterocycles. The van der Waals surface area contributed by atoms with E-state index in [-0.39, 0.29) is 61.0 Å². The summed E-state index contributed by atoms with van der Waals surface area (Å²) in [6.45, 7) is 0. The first-order valence-electron chi connectivity index (χ1n) is 5.51. The number of anilines is 2. The SMILES string of the molecule is O=[C-]Nc1ccccc1O.O=[C-]Nc1ccccc1O.[Co].[Y]. The van der Waals surface area contributed by atoms with Crippen molar-refractivity contribution in [3.8, 4) is 11.5 Å². The first kappa shape index (κ1) is 22.9. The zero-order chi connectivity index (χ0) is 14.8.